The molecular weight excluding hydrogens is 318 g/mol. The van der Waals surface area contributed by atoms with Crippen LogP contribution in [0.2, 0.25) is 0 Å². The summed E-state index contributed by atoms with van der Waals surface area (Å²) in [6.07, 6.45) is 5.84. The highest BCUT2D eigenvalue weighted by molar-refractivity contribution is 7.10. The van der Waals surface area contributed by atoms with Gasteiger partial charge in [-0.1, -0.05) is 6.07 Å². The van der Waals surface area contributed by atoms with Gasteiger partial charge >= 0.3 is 0 Å². The first-order chi connectivity index (χ1) is 11.8. The Balaban J connectivity index is 1.42. The summed E-state index contributed by atoms with van der Waals surface area (Å²) in [5, 5.41) is 3.22. The van der Waals surface area contributed by atoms with E-state index >= 15 is 0 Å². The van der Waals surface area contributed by atoms with Crippen LogP contribution in [0.3, 0.4) is 0 Å². The molecule has 4 heterocycles. The molecule has 0 aliphatic carbocycles. The predicted octanol–water partition coefficient (Wildman–Crippen LogP) is 3.98. The van der Waals surface area contributed by atoms with E-state index in [4.69, 9.17) is 9.72 Å². The number of benzene rings is 1. The first kappa shape index (κ1) is 13.7. The van der Waals surface area contributed by atoms with E-state index in [9.17, 15) is 0 Å². The summed E-state index contributed by atoms with van der Waals surface area (Å²) >= 11 is 1.69. The lowest BCUT2D eigenvalue weighted by atomic mass is 10.1. The van der Waals surface area contributed by atoms with Gasteiger partial charge in [0.25, 0.3) is 0 Å². The van der Waals surface area contributed by atoms with Crippen molar-refractivity contribution >= 4 is 17.0 Å². The second-order valence-corrected chi connectivity index (χ2v) is 6.87. The van der Waals surface area contributed by atoms with Gasteiger partial charge in [0.2, 0.25) is 0 Å². The minimum Gasteiger partial charge on any atom is -0.493 e. The molecule has 0 unspecified atom stereocenters. The second kappa shape index (κ2) is 5.46. The molecule has 5 heteroatoms. The van der Waals surface area contributed by atoms with Crippen LogP contribution in [-0.4, -0.2) is 21.0 Å². The van der Waals surface area contributed by atoms with E-state index in [-0.39, 0.29) is 0 Å². The van der Waals surface area contributed by atoms with Gasteiger partial charge in [-0.3, -0.25) is 0 Å². The zero-order chi connectivity index (χ0) is 15.9. The van der Waals surface area contributed by atoms with E-state index in [1.54, 1.807) is 11.3 Å². The van der Waals surface area contributed by atoms with Gasteiger partial charge in [0.15, 0.2) is 0 Å². The Morgan fingerprint density at radius 2 is 2.17 bits per heavy atom. The van der Waals surface area contributed by atoms with Crippen molar-refractivity contribution in [3.05, 3.63) is 70.4 Å². The zero-order valence-corrected chi connectivity index (χ0v) is 13.8. The molecule has 0 fully saturated rings. The lowest BCUT2D eigenvalue weighted by molar-refractivity contribution is 0.357. The van der Waals surface area contributed by atoms with Crippen LogP contribution in [-0.2, 0) is 12.8 Å². The summed E-state index contributed by atoms with van der Waals surface area (Å²) in [5.74, 6) is 1.01. The quantitative estimate of drug-likeness (QED) is 0.569. The molecule has 0 radical (unpaired) electrons. The van der Waals surface area contributed by atoms with E-state index in [1.165, 1.54) is 5.56 Å². The highest BCUT2D eigenvalue weighted by Crippen LogP contribution is 2.31. The molecule has 1 aliphatic heterocycles. The smallest absolute Gasteiger partial charge is 0.136 e. The van der Waals surface area contributed by atoms with Crippen LogP contribution in [0.5, 0.6) is 5.75 Å². The average molecular weight is 333 g/mol. The zero-order valence-electron chi connectivity index (χ0n) is 13.0. The molecule has 1 aromatic carbocycles. The maximum atomic E-state index is 5.57. The van der Waals surface area contributed by atoms with Crippen LogP contribution in [0.15, 0.2) is 54.2 Å². The lowest BCUT2D eigenvalue weighted by Crippen LogP contribution is -1.88. The van der Waals surface area contributed by atoms with E-state index in [0.717, 1.165) is 52.8 Å². The maximum absolute atomic E-state index is 5.57. The van der Waals surface area contributed by atoms with Gasteiger partial charge in [0.1, 0.15) is 11.4 Å². The molecule has 118 valence electrons. The minimum atomic E-state index is 0.764. The van der Waals surface area contributed by atoms with Gasteiger partial charge in [-0.25, -0.2) is 9.97 Å². The number of hydrogen-bond acceptors (Lipinski definition) is 4. The molecule has 0 bridgehead atoms. The molecule has 1 aliphatic rings. The maximum Gasteiger partial charge on any atom is 0.136 e. The monoisotopic (exact) mass is 333 g/mol. The van der Waals surface area contributed by atoms with E-state index in [0.29, 0.717) is 0 Å². The molecule has 24 heavy (non-hydrogen) atoms. The number of nitrogens with zero attached hydrogens (tertiary/aromatic N) is 3. The van der Waals surface area contributed by atoms with Gasteiger partial charge in [-0.15, -0.1) is 11.3 Å². The number of aromatic nitrogens is 3. The normalized spacial score (nSPS) is 13.2. The third-order valence-corrected chi connectivity index (χ3v) is 5.13. The van der Waals surface area contributed by atoms with Crippen molar-refractivity contribution in [2.24, 2.45) is 0 Å². The van der Waals surface area contributed by atoms with Crippen LogP contribution in [0, 0.1) is 0 Å². The number of fused-ring (bicyclic) bond motifs is 2. The largest absolute Gasteiger partial charge is 0.493 e. The third kappa shape index (κ3) is 2.37. The number of imidazole rings is 1. The molecule has 0 N–H and O–H groups in total. The predicted molar refractivity (Wildman–Crippen MR) is 94.7 cm³/mol. The number of pyridine rings is 1. The van der Waals surface area contributed by atoms with Gasteiger partial charge in [-0.05, 0) is 35.9 Å². The van der Waals surface area contributed by atoms with Gasteiger partial charge in [0, 0.05) is 36.2 Å². The highest BCUT2D eigenvalue weighted by atomic mass is 32.1. The molecule has 5 rings (SSSR count). The first-order valence-corrected chi connectivity index (χ1v) is 8.86. The fourth-order valence-corrected chi connectivity index (χ4v) is 3.92. The lowest BCUT2D eigenvalue weighted by Gasteiger charge is -2.01. The van der Waals surface area contributed by atoms with Gasteiger partial charge in [0.05, 0.1) is 23.0 Å². The topological polar surface area (TPSA) is 39.4 Å². The summed E-state index contributed by atoms with van der Waals surface area (Å²) < 4.78 is 7.62. The number of thiazole rings is 1. The van der Waals surface area contributed by atoms with Crippen molar-refractivity contribution in [3.8, 4) is 17.0 Å². The molecule has 3 aromatic heterocycles. The van der Waals surface area contributed by atoms with E-state index in [2.05, 4.69) is 34.8 Å². The Labute approximate surface area is 143 Å². The summed E-state index contributed by atoms with van der Waals surface area (Å²) in [7, 11) is 0. The van der Waals surface area contributed by atoms with Crippen LogP contribution in [0.25, 0.3) is 16.9 Å². The average Bonchev–Trinajstić information content (AvgIpc) is 3.33. The SMILES string of the molecule is c1ccn2cc(Cc3nc(-c4ccc5c(c4)CCO5)cs3)nc2c1. The minimum absolute atomic E-state index is 0.764. The van der Waals surface area contributed by atoms with E-state index in [1.807, 2.05) is 28.8 Å². The molecular formula is C19H15N3OS. The van der Waals surface area contributed by atoms with Crippen molar-refractivity contribution < 1.29 is 4.74 Å². The van der Waals surface area contributed by atoms with E-state index < -0.39 is 0 Å². The number of rotatable bonds is 3. The van der Waals surface area contributed by atoms with Crippen molar-refractivity contribution in [1.82, 2.24) is 14.4 Å². The summed E-state index contributed by atoms with van der Waals surface area (Å²) in [5.41, 5.74) is 5.50. The molecule has 4 nitrogen and oxygen atoms in total. The number of ether oxygens (including phenoxy) is 1. The van der Waals surface area contributed by atoms with Crippen LogP contribution >= 0.6 is 11.3 Å². The molecule has 4 aromatic rings. The molecule has 0 amide bonds. The van der Waals surface area contributed by atoms with Crippen LogP contribution in [0.4, 0.5) is 0 Å². The van der Waals surface area contributed by atoms with Crippen LogP contribution in [0.1, 0.15) is 16.3 Å². The fourth-order valence-electron chi connectivity index (χ4n) is 3.10. The van der Waals surface area contributed by atoms with Crippen molar-refractivity contribution in [2.45, 2.75) is 12.8 Å². The summed E-state index contributed by atoms with van der Waals surface area (Å²) in [6.45, 7) is 0.787. The molecule has 0 atom stereocenters. The van der Waals surface area contributed by atoms with Crippen molar-refractivity contribution in [2.75, 3.05) is 6.61 Å². The van der Waals surface area contributed by atoms with Crippen LogP contribution < -0.4 is 4.74 Å². The summed E-state index contributed by atoms with van der Waals surface area (Å²) in [6, 6.07) is 12.4. The Kier molecular flexibility index (Phi) is 3.13. The Hall–Kier alpha value is -2.66. The van der Waals surface area contributed by atoms with Crippen molar-refractivity contribution in [3.63, 3.8) is 0 Å². The van der Waals surface area contributed by atoms with Crippen molar-refractivity contribution in [1.29, 1.82) is 0 Å². The Morgan fingerprint density at radius 3 is 3.12 bits per heavy atom. The van der Waals surface area contributed by atoms with Gasteiger partial charge in [-0.2, -0.15) is 0 Å². The fraction of sp³-hybridized carbons (Fsp3) is 0.158. The molecule has 0 saturated carbocycles. The highest BCUT2D eigenvalue weighted by Gasteiger charge is 2.14. The first-order valence-electron chi connectivity index (χ1n) is 7.98. The Morgan fingerprint density at radius 1 is 1.17 bits per heavy atom. The molecule has 0 saturated heterocycles. The standard InChI is InChI=1S/C19H15N3OS/c1-2-7-22-11-15(20-18(22)3-1)10-19-21-16(12-24-19)13-4-5-17-14(9-13)6-8-23-17/h1-5,7,9,11-12H,6,8,10H2. The van der Waals surface area contributed by atoms with Gasteiger partial charge < -0.3 is 9.14 Å². The number of hydrogen-bond donors (Lipinski definition) is 0. The second-order valence-electron chi connectivity index (χ2n) is 5.92. The summed E-state index contributed by atoms with van der Waals surface area (Å²) in [4.78, 5) is 9.45. The Bertz CT molecular complexity index is 1000. The molecule has 0 spiro atoms. The third-order valence-electron chi connectivity index (χ3n) is 4.28.